The van der Waals surface area contributed by atoms with E-state index < -0.39 is 0 Å². The lowest BCUT2D eigenvalue weighted by atomic mass is 9.95. The smallest absolute Gasteiger partial charge is 0.134 e. The molecule has 70 valence electrons. The molecule has 0 atom stereocenters. The molecule has 3 heteroatoms. The fraction of sp³-hybridized carbons (Fsp3) is 0.500. The van der Waals surface area contributed by atoms with Gasteiger partial charge in [-0.25, -0.2) is 4.98 Å². The van der Waals surface area contributed by atoms with Gasteiger partial charge in [0.25, 0.3) is 0 Å². The molecule has 0 aromatic carbocycles. The first kappa shape index (κ1) is 9.16. The van der Waals surface area contributed by atoms with Gasteiger partial charge in [0.05, 0.1) is 9.71 Å². The Bertz CT molecular complexity index is 400. The van der Waals surface area contributed by atoms with E-state index >= 15 is 0 Å². The van der Waals surface area contributed by atoms with Crippen LogP contribution in [0.25, 0.3) is 9.53 Å². The van der Waals surface area contributed by atoms with E-state index in [1.54, 1.807) is 11.3 Å². The van der Waals surface area contributed by atoms with Gasteiger partial charge in [-0.2, -0.15) is 0 Å². The van der Waals surface area contributed by atoms with Gasteiger partial charge in [0, 0.05) is 4.88 Å². The minimum atomic E-state index is 0.263. The molecule has 0 unspecified atom stereocenters. The van der Waals surface area contributed by atoms with Gasteiger partial charge in [-0.3, -0.25) is 0 Å². The molecule has 0 aliphatic carbocycles. The molecule has 0 fully saturated rings. The van der Waals surface area contributed by atoms with Gasteiger partial charge in [-0.05, 0) is 18.4 Å². The zero-order valence-electron chi connectivity index (χ0n) is 8.34. The van der Waals surface area contributed by atoms with E-state index in [9.17, 15) is 0 Å². The highest BCUT2D eigenvalue weighted by molar-refractivity contribution is 7.27. The molecule has 0 amide bonds. The van der Waals surface area contributed by atoms with Crippen LogP contribution in [0.15, 0.2) is 6.07 Å². The van der Waals surface area contributed by atoms with Crippen molar-refractivity contribution in [3.05, 3.63) is 16.0 Å². The van der Waals surface area contributed by atoms with Crippen molar-refractivity contribution in [2.75, 3.05) is 0 Å². The number of hydrogen-bond acceptors (Lipinski definition) is 3. The summed E-state index contributed by atoms with van der Waals surface area (Å²) in [7, 11) is 0. The van der Waals surface area contributed by atoms with Gasteiger partial charge >= 0.3 is 0 Å². The molecule has 0 spiro atoms. The minimum absolute atomic E-state index is 0.263. The SMILES string of the molecule is Cc1nc2sc(C(C)(C)C)cc2s1. The van der Waals surface area contributed by atoms with Crippen molar-refractivity contribution in [2.45, 2.75) is 33.1 Å². The molecule has 2 rings (SSSR count). The topological polar surface area (TPSA) is 12.9 Å². The van der Waals surface area contributed by atoms with Crippen molar-refractivity contribution < 1.29 is 0 Å². The third kappa shape index (κ3) is 1.63. The predicted octanol–water partition coefficient (Wildman–Crippen LogP) is 3.96. The summed E-state index contributed by atoms with van der Waals surface area (Å²) < 4.78 is 1.34. The second-order valence-corrected chi connectivity index (χ2v) is 6.53. The highest BCUT2D eigenvalue weighted by Gasteiger charge is 2.18. The molecule has 0 bridgehead atoms. The molecule has 0 saturated carbocycles. The number of hydrogen-bond donors (Lipinski definition) is 0. The van der Waals surface area contributed by atoms with Crippen LogP contribution < -0.4 is 0 Å². The Morgan fingerprint density at radius 3 is 2.46 bits per heavy atom. The van der Waals surface area contributed by atoms with E-state index in [0.717, 1.165) is 0 Å². The van der Waals surface area contributed by atoms with E-state index in [1.165, 1.54) is 19.4 Å². The van der Waals surface area contributed by atoms with Crippen molar-refractivity contribution in [3.8, 4) is 0 Å². The van der Waals surface area contributed by atoms with Crippen molar-refractivity contribution in [3.63, 3.8) is 0 Å². The molecule has 0 radical (unpaired) electrons. The maximum Gasteiger partial charge on any atom is 0.134 e. The summed E-state index contributed by atoms with van der Waals surface area (Å²) in [5.41, 5.74) is 0.263. The molecule has 1 nitrogen and oxygen atoms in total. The highest BCUT2D eigenvalue weighted by Crippen LogP contribution is 2.36. The molecule has 13 heavy (non-hydrogen) atoms. The molecule has 0 N–H and O–H groups in total. The average Bonchev–Trinajstić information content (AvgIpc) is 2.40. The van der Waals surface area contributed by atoms with Crippen molar-refractivity contribution in [1.29, 1.82) is 0 Å². The summed E-state index contributed by atoms with van der Waals surface area (Å²) in [5.74, 6) is 0. The Kier molecular flexibility index (Phi) is 1.96. The highest BCUT2D eigenvalue weighted by atomic mass is 32.1. The zero-order valence-corrected chi connectivity index (χ0v) is 9.97. The van der Waals surface area contributed by atoms with E-state index in [1.807, 2.05) is 11.3 Å². The van der Waals surface area contributed by atoms with E-state index in [-0.39, 0.29) is 5.41 Å². The van der Waals surface area contributed by atoms with Gasteiger partial charge in [0.15, 0.2) is 0 Å². The molecule has 0 aliphatic heterocycles. The van der Waals surface area contributed by atoms with Gasteiger partial charge in [-0.15, -0.1) is 22.7 Å². The Hall–Kier alpha value is -0.410. The van der Waals surface area contributed by atoms with Gasteiger partial charge in [0.2, 0.25) is 0 Å². The zero-order chi connectivity index (χ0) is 9.64. The first-order valence-electron chi connectivity index (χ1n) is 4.34. The summed E-state index contributed by atoms with van der Waals surface area (Å²) in [6, 6.07) is 2.28. The first-order chi connectivity index (χ1) is 5.97. The maximum absolute atomic E-state index is 4.48. The van der Waals surface area contributed by atoms with Crippen LogP contribution in [0.4, 0.5) is 0 Å². The fourth-order valence-electron chi connectivity index (χ4n) is 1.21. The summed E-state index contributed by atoms with van der Waals surface area (Å²) in [6.07, 6.45) is 0. The molecule has 2 heterocycles. The van der Waals surface area contributed by atoms with Crippen molar-refractivity contribution in [2.24, 2.45) is 0 Å². The maximum atomic E-state index is 4.48. The third-order valence-corrected chi connectivity index (χ3v) is 4.44. The van der Waals surface area contributed by atoms with Crippen LogP contribution >= 0.6 is 22.7 Å². The number of nitrogens with zero attached hydrogens (tertiary/aromatic N) is 1. The molecule has 0 saturated heterocycles. The van der Waals surface area contributed by atoms with Gasteiger partial charge < -0.3 is 0 Å². The van der Waals surface area contributed by atoms with Crippen molar-refractivity contribution in [1.82, 2.24) is 4.98 Å². The predicted molar refractivity (Wildman–Crippen MR) is 60.9 cm³/mol. The molecule has 2 aromatic heterocycles. The van der Waals surface area contributed by atoms with Crippen LogP contribution in [0.2, 0.25) is 0 Å². The monoisotopic (exact) mass is 211 g/mol. The minimum Gasteiger partial charge on any atom is -0.231 e. The number of rotatable bonds is 0. The van der Waals surface area contributed by atoms with E-state index in [0.29, 0.717) is 0 Å². The molecular weight excluding hydrogens is 198 g/mol. The lowest BCUT2D eigenvalue weighted by molar-refractivity contribution is 0.604. The van der Waals surface area contributed by atoms with Crippen LogP contribution in [-0.2, 0) is 5.41 Å². The lowest BCUT2D eigenvalue weighted by Gasteiger charge is -2.14. The Morgan fingerprint density at radius 1 is 1.23 bits per heavy atom. The van der Waals surface area contributed by atoms with Crippen LogP contribution in [0.1, 0.15) is 30.7 Å². The standard InChI is InChI=1S/C10H13NS2/c1-6-11-9-7(12-6)5-8(13-9)10(2,3)4/h5H,1-4H3. The Morgan fingerprint density at radius 2 is 1.92 bits per heavy atom. The van der Waals surface area contributed by atoms with E-state index in [4.69, 9.17) is 0 Å². The van der Waals surface area contributed by atoms with Gasteiger partial charge in [0.1, 0.15) is 4.83 Å². The van der Waals surface area contributed by atoms with Crippen LogP contribution in [0.5, 0.6) is 0 Å². The summed E-state index contributed by atoms with van der Waals surface area (Å²) in [6.45, 7) is 8.80. The normalized spacial score (nSPS) is 12.6. The second kappa shape index (κ2) is 2.79. The third-order valence-electron chi connectivity index (χ3n) is 1.94. The summed E-state index contributed by atoms with van der Waals surface area (Å²) in [4.78, 5) is 7.12. The van der Waals surface area contributed by atoms with E-state index in [2.05, 4.69) is 38.7 Å². The van der Waals surface area contributed by atoms with Crippen LogP contribution in [0.3, 0.4) is 0 Å². The number of thiophene rings is 1. The lowest BCUT2D eigenvalue weighted by Crippen LogP contribution is -2.07. The Balaban J connectivity index is 2.57. The van der Waals surface area contributed by atoms with Gasteiger partial charge in [-0.1, -0.05) is 20.8 Å². The Labute approximate surface area is 86.4 Å². The number of fused-ring (bicyclic) bond motifs is 1. The largest absolute Gasteiger partial charge is 0.231 e. The molecule has 0 aliphatic rings. The first-order valence-corrected chi connectivity index (χ1v) is 5.97. The summed E-state index contributed by atoms with van der Waals surface area (Å²) >= 11 is 3.61. The second-order valence-electron chi connectivity index (χ2n) is 4.26. The fourth-order valence-corrected chi connectivity index (χ4v) is 3.39. The van der Waals surface area contributed by atoms with Crippen molar-refractivity contribution >= 4 is 32.2 Å². The quantitative estimate of drug-likeness (QED) is 0.642. The molecular formula is C10H13NS2. The number of aromatic nitrogens is 1. The average molecular weight is 211 g/mol. The van der Waals surface area contributed by atoms with Crippen LogP contribution in [-0.4, -0.2) is 4.98 Å². The number of aryl methyl sites for hydroxylation is 1. The summed E-state index contributed by atoms with van der Waals surface area (Å²) in [5, 5.41) is 1.17. The van der Waals surface area contributed by atoms with Crippen LogP contribution in [0, 0.1) is 6.92 Å². The number of thiazole rings is 1. The molecule has 2 aromatic rings.